The van der Waals surface area contributed by atoms with E-state index in [1.165, 1.54) is 43.4 Å². The average molecular weight is 597 g/mol. The zero-order chi connectivity index (χ0) is 32.7. The fourth-order valence-corrected chi connectivity index (χ4v) is 3.93. The lowest BCUT2D eigenvalue weighted by Crippen LogP contribution is -2.48. The monoisotopic (exact) mass is 596 g/mol. The minimum Gasteiger partial charge on any atom is -0.444 e. The molecule has 0 bridgehead atoms. The molecule has 0 spiro atoms. The second-order valence-electron chi connectivity index (χ2n) is 11.4. The van der Waals surface area contributed by atoms with Gasteiger partial charge in [0.05, 0.1) is 0 Å². The number of carbonyl (C=O) groups is 6. The van der Waals surface area contributed by atoms with Crippen LogP contribution in [0.2, 0.25) is 0 Å². The average Bonchev–Trinajstić information content (AvgIpc) is 3.89. The maximum absolute atomic E-state index is 12.0. The van der Waals surface area contributed by atoms with E-state index in [9.17, 15) is 19.2 Å². The van der Waals surface area contributed by atoms with Gasteiger partial charge in [0, 0.05) is 26.6 Å². The Balaban J connectivity index is 0. The number of amides is 4. The summed E-state index contributed by atoms with van der Waals surface area (Å²) in [6, 6.07) is -0.437. The lowest BCUT2D eigenvalue weighted by atomic mass is 10.2. The number of hydrogen-bond donors (Lipinski definition) is 3. The third-order valence-electron chi connectivity index (χ3n) is 6.55. The van der Waals surface area contributed by atoms with Crippen molar-refractivity contribution < 1.29 is 33.5 Å². The van der Waals surface area contributed by atoms with Gasteiger partial charge in [-0.3, -0.25) is 14.4 Å². The lowest BCUT2D eigenvalue weighted by Gasteiger charge is -2.24. The maximum atomic E-state index is 12.0. The van der Waals surface area contributed by atoms with Crippen molar-refractivity contribution in [3.63, 3.8) is 0 Å². The van der Waals surface area contributed by atoms with Crippen molar-refractivity contribution >= 4 is 37.4 Å². The highest BCUT2D eigenvalue weighted by Gasteiger charge is 2.40. The van der Waals surface area contributed by atoms with Crippen LogP contribution in [0.5, 0.6) is 0 Å². The maximum Gasteiger partial charge on any atom is 0.408 e. The van der Waals surface area contributed by atoms with Crippen molar-refractivity contribution in [3.05, 3.63) is 12.2 Å². The number of hydrogen-bond acceptors (Lipinski definition) is 7. The van der Waals surface area contributed by atoms with E-state index in [1.54, 1.807) is 34.9 Å². The topological polar surface area (TPSA) is 151 Å². The molecule has 0 aromatic carbocycles. The van der Waals surface area contributed by atoms with E-state index in [2.05, 4.69) is 41.9 Å². The van der Waals surface area contributed by atoms with Gasteiger partial charge in [-0.25, -0.2) is 4.79 Å². The van der Waals surface area contributed by atoms with Crippen LogP contribution in [-0.4, -0.2) is 81.1 Å². The van der Waals surface area contributed by atoms with Crippen LogP contribution in [0.15, 0.2) is 12.2 Å². The zero-order valence-electron chi connectivity index (χ0n) is 27.0. The lowest BCUT2D eigenvalue weighted by molar-refractivity contribution is -0.137. The molecule has 42 heavy (non-hydrogen) atoms. The first-order valence-corrected chi connectivity index (χ1v) is 14.9. The van der Waals surface area contributed by atoms with Crippen LogP contribution in [0.25, 0.3) is 0 Å². The third-order valence-corrected chi connectivity index (χ3v) is 6.55. The van der Waals surface area contributed by atoms with Crippen LogP contribution >= 0.6 is 0 Å². The number of unbranched alkanes of at least 4 members (excludes halogenated alkanes) is 3. The SMILES string of the molecule is C=O.C=O.CC1CC1.CCCCC/C=C\C1C[C@@H]1C(=O)NC.CNC(=O)C1CCCN1C(=O)CNC(=O)OC(C)(C)C. The summed E-state index contributed by atoms with van der Waals surface area (Å²) in [5.41, 5.74) is -0.606. The van der Waals surface area contributed by atoms with Crippen molar-refractivity contribution in [3.8, 4) is 0 Å². The second kappa shape index (κ2) is 23.3. The summed E-state index contributed by atoms with van der Waals surface area (Å²) < 4.78 is 5.05. The van der Waals surface area contributed by atoms with Gasteiger partial charge in [0.15, 0.2) is 0 Å². The van der Waals surface area contributed by atoms with Crippen LogP contribution in [0, 0.1) is 17.8 Å². The molecule has 11 heteroatoms. The number of rotatable bonds is 9. The summed E-state index contributed by atoms with van der Waals surface area (Å²) in [7, 11) is 3.25. The highest BCUT2D eigenvalue weighted by atomic mass is 16.6. The number of ether oxygens (including phenoxy) is 1. The molecule has 242 valence electrons. The molecule has 3 atom stereocenters. The molecule has 2 unspecified atom stereocenters. The molecule has 2 saturated carbocycles. The molecule has 0 radical (unpaired) electrons. The molecular weight excluding hydrogens is 540 g/mol. The van der Waals surface area contributed by atoms with Gasteiger partial charge in [-0.2, -0.15) is 0 Å². The fourth-order valence-electron chi connectivity index (χ4n) is 3.93. The summed E-state index contributed by atoms with van der Waals surface area (Å²) >= 11 is 0. The first kappa shape index (κ1) is 40.9. The Labute approximate surface area is 252 Å². The number of likely N-dealkylation sites (tertiary alicyclic amines) is 1. The number of carbonyl (C=O) groups excluding carboxylic acids is 6. The first-order chi connectivity index (χ1) is 19.9. The number of alkyl carbamates (subject to hydrolysis) is 1. The van der Waals surface area contributed by atoms with Gasteiger partial charge in [0.25, 0.3) is 0 Å². The largest absolute Gasteiger partial charge is 0.444 e. The van der Waals surface area contributed by atoms with Gasteiger partial charge in [0.2, 0.25) is 17.7 Å². The molecule has 1 aliphatic heterocycles. The standard InChI is InChI=1S/C13H23N3O4.C12H21NO.C4H8.2CH2O/c1-13(2,3)20-12(19)15-8-10(17)16-7-5-6-9(16)11(18)14-4;1-3-4-5-6-7-8-10-9-11(10)12(14)13-2;1-4-2-3-4;2*1-2/h9H,5-8H2,1-4H3,(H,14,18)(H,15,19);7-8,10-11H,3-6,9H2,1-2H3,(H,13,14);4H,2-3H2,1H3;2*1H2/b;8-7-;;;/t;10?,11-;;;/m.0.../s1. The summed E-state index contributed by atoms with van der Waals surface area (Å²) in [4.78, 5) is 63.8. The van der Waals surface area contributed by atoms with E-state index in [4.69, 9.17) is 14.3 Å². The molecule has 0 aromatic heterocycles. The minimum atomic E-state index is -0.637. The van der Waals surface area contributed by atoms with Gasteiger partial charge >= 0.3 is 6.09 Å². The Morgan fingerprint density at radius 1 is 0.952 bits per heavy atom. The Bertz CT molecular complexity index is 823. The van der Waals surface area contributed by atoms with E-state index in [0.29, 0.717) is 18.9 Å². The van der Waals surface area contributed by atoms with E-state index in [-0.39, 0.29) is 30.2 Å². The van der Waals surface area contributed by atoms with Crippen LogP contribution in [0.3, 0.4) is 0 Å². The number of nitrogens with zero attached hydrogens (tertiary/aromatic N) is 1. The van der Waals surface area contributed by atoms with Gasteiger partial charge in [-0.15, -0.1) is 0 Å². The highest BCUT2D eigenvalue weighted by molar-refractivity contribution is 5.89. The fraction of sp³-hybridized carbons (Fsp3) is 0.742. The molecule has 3 aliphatic rings. The van der Waals surface area contributed by atoms with Crippen LogP contribution in [0.4, 0.5) is 4.79 Å². The molecule has 3 fully saturated rings. The van der Waals surface area contributed by atoms with Crippen molar-refractivity contribution in [1.82, 2.24) is 20.9 Å². The van der Waals surface area contributed by atoms with Gasteiger partial charge in [-0.1, -0.05) is 51.7 Å². The normalized spacial score (nSPS) is 20.0. The third kappa shape index (κ3) is 19.8. The molecular formula is C31H56N4O7. The minimum absolute atomic E-state index is 0.164. The van der Waals surface area contributed by atoms with Crippen LogP contribution in [-0.2, 0) is 28.7 Å². The van der Waals surface area contributed by atoms with E-state index in [1.807, 2.05) is 13.6 Å². The molecule has 11 nitrogen and oxygen atoms in total. The Morgan fingerprint density at radius 2 is 1.52 bits per heavy atom. The molecule has 0 aromatic rings. The summed E-state index contributed by atoms with van der Waals surface area (Å²) in [5.74, 6) is 1.63. The Hall–Kier alpha value is -3.24. The van der Waals surface area contributed by atoms with Gasteiger partial charge in [-0.05, 0) is 64.7 Å². The van der Waals surface area contributed by atoms with Crippen molar-refractivity contribution in [2.45, 2.75) is 104 Å². The van der Waals surface area contributed by atoms with Crippen molar-refractivity contribution in [2.24, 2.45) is 17.8 Å². The van der Waals surface area contributed by atoms with Crippen LogP contribution in [0.1, 0.15) is 92.4 Å². The Morgan fingerprint density at radius 3 is 2.00 bits per heavy atom. The van der Waals surface area contributed by atoms with Crippen molar-refractivity contribution in [1.29, 1.82) is 0 Å². The van der Waals surface area contributed by atoms with E-state index >= 15 is 0 Å². The molecule has 3 N–H and O–H groups in total. The first-order valence-electron chi connectivity index (χ1n) is 14.9. The number of likely N-dealkylation sites (N-methyl/N-ethyl adjacent to an activating group) is 1. The summed E-state index contributed by atoms with van der Waals surface area (Å²) in [5, 5.41) is 7.65. The predicted octanol–water partition coefficient (Wildman–Crippen LogP) is 3.80. The molecule has 2 aliphatic carbocycles. The smallest absolute Gasteiger partial charge is 0.408 e. The summed E-state index contributed by atoms with van der Waals surface area (Å²) in [6.07, 6.45) is 14.3. The second-order valence-corrected chi connectivity index (χ2v) is 11.4. The molecule has 1 saturated heterocycles. The van der Waals surface area contributed by atoms with Gasteiger partial charge in [0.1, 0.15) is 31.8 Å². The Kier molecular flexibility index (Phi) is 22.7. The molecule has 4 amide bonds. The number of allylic oxidation sites excluding steroid dienone is 2. The predicted molar refractivity (Wildman–Crippen MR) is 165 cm³/mol. The quantitative estimate of drug-likeness (QED) is 0.271. The van der Waals surface area contributed by atoms with Crippen molar-refractivity contribution in [2.75, 3.05) is 27.2 Å². The highest BCUT2D eigenvalue weighted by Crippen LogP contribution is 2.39. The van der Waals surface area contributed by atoms with Crippen LogP contribution < -0.4 is 16.0 Å². The van der Waals surface area contributed by atoms with E-state index < -0.39 is 17.7 Å². The number of nitrogens with one attached hydrogen (secondary N) is 3. The zero-order valence-corrected chi connectivity index (χ0v) is 27.0. The molecule has 3 rings (SSSR count). The van der Waals surface area contributed by atoms with E-state index in [0.717, 1.165) is 18.8 Å². The summed E-state index contributed by atoms with van der Waals surface area (Å²) in [6.45, 7) is 14.1. The molecule has 1 heterocycles. The van der Waals surface area contributed by atoms with Gasteiger partial charge < -0.3 is 35.2 Å².